The van der Waals surface area contributed by atoms with Crippen LogP contribution < -0.4 is 0 Å². The van der Waals surface area contributed by atoms with Crippen LogP contribution >= 0.6 is 27.7 Å². The van der Waals surface area contributed by atoms with Crippen LogP contribution in [0.4, 0.5) is 0 Å². The monoisotopic (exact) mass is 338 g/mol. The molecule has 0 radical (unpaired) electrons. The Morgan fingerprint density at radius 3 is 2.68 bits per heavy atom. The molecule has 1 unspecified atom stereocenters. The minimum Gasteiger partial charge on any atom is -0.491 e. The Hall–Kier alpha value is -1.00. The van der Waals surface area contributed by atoms with Crippen molar-refractivity contribution in [1.82, 2.24) is 0 Å². The van der Waals surface area contributed by atoms with Gasteiger partial charge in [0.05, 0.1) is 11.5 Å². The zero-order chi connectivity index (χ0) is 13.8. The fourth-order valence-corrected chi connectivity index (χ4v) is 3.06. The highest BCUT2D eigenvalue weighted by molar-refractivity contribution is 9.10. The number of hydrogen-bond donors (Lipinski definition) is 0. The quantitative estimate of drug-likeness (QED) is 0.752. The van der Waals surface area contributed by atoms with Crippen LogP contribution in [0.1, 0.15) is 24.2 Å². The molecule has 1 aliphatic heterocycles. The first-order chi connectivity index (χ1) is 9.04. The molecule has 0 bridgehead atoms. The molecule has 100 valence electrons. The molecule has 1 aromatic carbocycles. The molecule has 1 atom stereocenters. The van der Waals surface area contributed by atoms with Gasteiger partial charge in [-0.25, -0.2) is 0 Å². The molecule has 0 aliphatic carbocycles. The molecule has 1 aliphatic rings. The van der Waals surface area contributed by atoms with Crippen molar-refractivity contribution in [2.24, 2.45) is 0 Å². The van der Waals surface area contributed by atoms with Gasteiger partial charge >= 0.3 is 0 Å². The van der Waals surface area contributed by atoms with Gasteiger partial charge in [-0.3, -0.25) is 4.79 Å². The summed E-state index contributed by atoms with van der Waals surface area (Å²) in [5.41, 5.74) is 0.747. The van der Waals surface area contributed by atoms with E-state index in [1.165, 1.54) is 0 Å². The number of allylic oxidation sites excluding steroid dienone is 2. The van der Waals surface area contributed by atoms with Crippen molar-refractivity contribution < 1.29 is 9.53 Å². The molecule has 4 heteroatoms. The Morgan fingerprint density at radius 2 is 2.05 bits per heavy atom. The van der Waals surface area contributed by atoms with Crippen LogP contribution in [0.25, 0.3) is 0 Å². The fourth-order valence-electron chi connectivity index (χ4n) is 1.80. The summed E-state index contributed by atoms with van der Waals surface area (Å²) < 4.78 is 6.48. The minimum atomic E-state index is 0.0790. The van der Waals surface area contributed by atoms with Gasteiger partial charge < -0.3 is 4.74 Å². The molecule has 0 amide bonds. The molecule has 0 fully saturated rings. The minimum absolute atomic E-state index is 0.0790. The SMILES string of the molecule is CC1=CC(SCC(=O)c2ccc(Br)cc2)=CC(C)O1. The highest BCUT2D eigenvalue weighted by Gasteiger charge is 2.12. The number of hydrogen-bond acceptors (Lipinski definition) is 3. The van der Waals surface area contributed by atoms with E-state index in [-0.39, 0.29) is 11.9 Å². The van der Waals surface area contributed by atoms with Crippen LogP contribution in [0, 0.1) is 0 Å². The topological polar surface area (TPSA) is 26.3 Å². The summed E-state index contributed by atoms with van der Waals surface area (Å²) in [4.78, 5) is 13.1. The maximum atomic E-state index is 12.0. The Morgan fingerprint density at radius 1 is 1.37 bits per heavy atom. The summed E-state index contributed by atoms with van der Waals surface area (Å²) in [6.07, 6.45) is 4.08. The lowest BCUT2D eigenvalue weighted by Gasteiger charge is -2.18. The number of halogens is 1. The molecule has 1 aromatic rings. The summed E-state index contributed by atoms with van der Waals surface area (Å²) in [5, 5.41) is 0. The van der Waals surface area contributed by atoms with Gasteiger partial charge in [0.2, 0.25) is 0 Å². The second-order valence-electron chi connectivity index (χ2n) is 4.37. The Kier molecular flexibility index (Phi) is 4.88. The van der Waals surface area contributed by atoms with Gasteiger partial charge in [-0.15, -0.1) is 11.8 Å². The third kappa shape index (κ3) is 4.25. The van der Waals surface area contributed by atoms with E-state index in [1.807, 2.05) is 50.3 Å². The maximum absolute atomic E-state index is 12.0. The summed E-state index contributed by atoms with van der Waals surface area (Å²) >= 11 is 4.92. The largest absolute Gasteiger partial charge is 0.491 e. The van der Waals surface area contributed by atoms with E-state index in [2.05, 4.69) is 15.9 Å². The molecule has 0 spiro atoms. The average molecular weight is 339 g/mol. The zero-order valence-electron chi connectivity index (χ0n) is 10.9. The van der Waals surface area contributed by atoms with Gasteiger partial charge in [-0.2, -0.15) is 0 Å². The van der Waals surface area contributed by atoms with Crippen molar-refractivity contribution in [2.75, 3.05) is 5.75 Å². The third-order valence-corrected chi connectivity index (χ3v) is 4.17. The summed E-state index contributed by atoms with van der Waals surface area (Å²) in [5.74, 6) is 1.49. The highest BCUT2D eigenvalue weighted by atomic mass is 79.9. The Bertz CT molecular complexity index is 532. The van der Waals surface area contributed by atoms with E-state index in [0.717, 1.165) is 20.7 Å². The zero-order valence-corrected chi connectivity index (χ0v) is 13.3. The molecule has 0 aromatic heterocycles. The van der Waals surface area contributed by atoms with Gasteiger partial charge in [0.15, 0.2) is 5.78 Å². The van der Waals surface area contributed by atoms with Crippen molar-refractivity contribution >= 4 is 33.5 Å². The van der Waals surface area contributed by atoms with E-state index in [1.54, 1.807) is 11.8 Å². The molecular weight excluding hydrogens is 324 g/mol. The second kappa shape index (κ2) is 6.44. The first-order valence-electron chi connectivity index (χ1n) is 6.03. The highest BCUT2D eigenvalue weighted by Crippen LogP contribution is 2.26. The van der Waals surface area contributed by atoms with Crippen molar-refractivity contribution in [2.45, 2.75) is 20.0 Å². The third-order valence-electron chi connectivity index (χ3n) is 2.65. The number of rotatable bonds is 4. The normalized spacial score (nSPS) is 18.4. The average Bonchev–Trinajstić information content (AvgIpc) is 2.36. The van der Waals surface area contributed by atoms with Gasteiger partial charge in [-0.1, -0.05) is 28.1 Å². The molecule has 19 heavy (non-hydrogen) atoms. The van der Waals surface area contributed by atoms with E-state index in [0.29, 0.717) is 5.75 Å². The molecule has 0 saturated heterocycles. The number of ketones is 1. The van der Waals surface area contributed by atoms with Crippen LogP contribution in [-0.4, -0.2) is 17.6 Å². The van der Waals surface area contributed by atoms with E-state index < -0.39 is 0 Å². The number of carbonyl (C=O) groups excluding carboxylic acids is 1. The maximum Gasteiger partial charge on any atom is 0.173 e. The standard InChI is InChI=1S/C15H15BrO2S/c1-10-7-14(8-11(2)18-10)19-9-15(17)12-3-5-13(16)6-4-12/h3-8,10H,9H2,1-2H3. The van der Waals surface area contributed by atoms with E-state index >= 15 is 0 Å². The molecular formula is C15H15BrO2S. The molecule has 0 saturated carbocycles. The van der Waals surface area contributed by atoms with Crippen LogP contribution in [-0.2, 0) is 4.74 Å². The number of benzene rings is 1. The van der Waals surface area contributed by atoms with Gasteiger partial charge in [0.25, 0.3) is 0 Å². The Labute approximate surface area is 126 Å². The fraction of sp³-hybridized carbons (Fsp3) is 0.267. The van der Waals surface area contributed by atoms with Crippen molar-refractivity contribution in [3.05, 3.63) is 57.1 Å². The first kappa shape index (κ1) is 14.4. The molecule has 2 nitrogen and oxygen atoms in total. The van der Waals surface area contributed by atoms with Gasteiger partial charge in [0.1, 0.15) is 6.10 Å². The molecule has 2 rings (SSSR count). The summed E-state index contributed by atoms with van der Waals surface area (Å²) in [6.45, 7) is 3.92. The van der Waals surface area contributed by atoms with E-state index in [9.17, 15) is 4.79 Å². The van der Waals surface area contributed by atoms with Crippen LogP contribution in [0.15, 0.2) is 51.6 Å². The lowest BCUT2D eigenvalue weighted by Crippen LogP contribution is -2.09. The molecule has 0 N–H and O–H groups in total. The number of Topliss-reactive ketones (excluding diaryl/α,β-unsaturated/α-hetero) is 1. The smallest absolute Gasteiger partial charge is 0.173 e. The first-order valence-corrected chi connectivity index (χ1v) is 7.81. The Balaban J connectivity index is 1.95. The number of thioether (sulfide) groups is 1. The van der Waals surface area contributed by atoms with Crippen LogP contribution in [0.5, 0.6) is 0 Å². The van der Waals surface area contributed by atoms with Crippen molar-refractivity contribution in [1.29, 1.82) is 0 Å². The summed E-state index contributed by atoms with van der Waals surface area (Å²) in [7, 11) is 0. The lowest BCUT2D eigenvalue weighted by molar-refractivity contribution is 0.102. The summed E-state index contributed by atoms with van der Waals surface area (Å²) in [6, 6.07) is 7.46. The van der Waals surface area contributed by atoms with Gasteiger partial charge in [-0.05, 0) is 38.1 Å². The van der Waals surface area contributed by atoms with E-state index in [4.69, 9.17) is 4.74 Å². The number of carbonyl (C=O) groups is 1. The lowest BCUT2D eigenvalue weighted by atomic mass is 10.2. The second-order valence-corrected chi connectivity index (χ2v) is 6.33. The molecule has 1 heterocycles. The number of ether oxygens (including phenoxy) is 1. The van der Waals surface area contributed by atoms with Crippen molar-refractivity contribution in [3.63, 3.8) is 0 Å². The van der Waals surface area contributed by atoms with Gasteiger partial charge in [0, 0.05) is 14.9 Å². The predicted molar refractivity (Wildman–Crippen MR) is 83.3 cm³/mol. The predicted octanol–water partition coefficient (Wildman–Crippen LogP) is 4.57. The van der Waals surface area contributed by atoms with Crippen LogP contribution in [0.3, 0.4) is 0 Å². The van der Waals surface area contributed by atoms with Crippen molar-refractivity contribution in [3.8, 4) is 0 Å². The van der Waals surface area contributed by atoms with Crippen LogP contribution in [0.2, 0.25) is 0 Å².